The van der Waals surface area contributed by atoms with Gasteiger partial charge < -0.3 is 14.7 Å². The van der Waals surface area contributed by atoms with Crippen LogP contribution in [-0.4, -0.2) is 63.0 Å². The molecule has 1 rings (SSSR count). The van der Waals surface area contributed by atoms with Gasteiger partial charge in [0.25, 0.3) is 5.91 Å². The molecule has 0 aromatic rings. The van der Waals surface area contributed by atoms with Gasteiger partial charge in [0, 0.05) is 20.3 Å². The van der Waals surface area contributed by atoms with E-state index in [-0.39, 0.29) is 11.5 Å². The monoisotopic (exact) mass is 223 g/mol. The minimum absolute atomic E-state index is 0.149. The van der Waals surface area contributed by atoms with Gasteiger partial charge in [-0.2, -0.15) is 5.26 Å². The first-order valence-electron chi connectivity index (χ1n) is 5.43. The van der Waals surface area contributed by atoms with Gasteiger partial charge >= 0.3 is 0 Å². The highest BCUT2D eigenvalue weighted by Gasteiger charge is 2.23. The number of likely N-dealkylation sites (N-methyl/N-ethyl adjacent to an activating group) is 1. The lowest BCUT2D eigenvalue weighted by Crippen LogP contribution is -3.12. The molecule has 0 aliphatic carbocycles. The molecule has 5 nitrogen and oxygen atoms in total. The molecule has 0 aromatic carbocycles. The van der Waals surface area contributed by atoms with E-state index in [0.717, 1.165) is 26.2 Å². The van der Waals surface area contributed by atoms with Crippen molar-refractivity contribution in [2.24, 2.45) is 0 Å². The topological polar surface area (TPSA) is 51.8 Å². The standard InChI is InChI=1S/C11H18N4O/c1-13(2)9-10(8-12)11(16)15-6-4-14(3)5-7-15/h9H,4-7H2,1-3H3/p+1. The highest BCUT2D eigenvalue weighted by atomic mass is 16.2. The molecule has 88 valence electrons. The van der Waals surface area contributed by atoms with Crippen molar-refractivity contribution < 1.29 is 9.69 Å². The molecule has 1 fully saturated rings. The third kappa shape index (κ3) is 3.24. The van der Waals surface area contributed by atoms with E-state index in [9.17, 15) is 4.79 Å². The Morgan fingerprint density at radius 3 is 2.44 bits per heavy atom. The van der Waals surface area contributed by atoms with Crippen molar-refractivity contribution in [3.63, 3.8) is 0 Å². The molecule has 16 heavy (non-hydrogen) atoms. The van der Waals surface area contributed by atoms with Gasteiger partial charge in [-0.1, -0.05) is 0 Å². The molecule has 0 bridgehead atoms. The molecule has 1 N–H and O–H groups in total. The maximum Gasteiger partial charge on any atom is 0.266 e. The Morgan fingerprint density at radius 1 is 1.44 bits per heavy atom. The number of nitrogens with one attached hydrogen (secondary N) is 1. The van der Waals surface area contributed by atoms with E-state index in [0.29, 0.717) is 0 Å². The second kappa shape index (κ2) is 5.52. The first-order chi connectivity index (χ1) is 7.54. The summed E-state index contributed by atoms with van der Waals surface area (Å²) in [6, 6.07) is 1.96. The van der Waals surface area contributed by atoms with E-state index in [4.69, 9.17) is 5.26 Å². The van der Waals surface area contributed by atoms with Crippen LogP contribution in [0.3, 0.4) is 0 Å². The summed E-state index contributed by atoms with van der Waals surface area (Å²) < 4.78 is 0. The van der Waals surface area contributed by atoms with Crippen LogP contribution in [0.25, 0.3) is 0 Å². The van der Waals surface area contributed by atoms with E-state index in [1.807, 2.05) is 6.07 Å². The molecule has 1 saturated heterocycles. The highest BCUT2D eigenvalue weighted by Crippen LogP contribution is 2.02. The third-order valence-electron chi connectivity index (χ3n) is 2.64. The Balaban J connectivity index is 2.67. The minimum atomic E-state index is -0.149. The zero-order chi connectivity index (χ0) is 12.1. The Labute approximate surface area is 96.5 Å². The van der Waals surface area contributed by atoms with Crippen LogP contribution in [0.15, 0.2) is 11.8 Å². The van der Waals surface area contributed by atoms with E-state index < -0.39 is 0 Å². The predicted molar refractivity (Wildman–Crippen MR) is 60.6 cm³/mol. The van der Waals surface area contributed by atoms with Crippen LogP contribution in [-0.2, 0) is 4.79 Å². The molecule has 0 atom stereocenters. The smallest absolute Gasteiger partial charge is 0.266 e. The fraction of sp³-hybridized carbons (Fsp3) is 0.636. The zero-order valence-corrected chi connectivity index (χ0v) is 10.2. The second-order valence-corrected chi connectivity index (χ2v) is 4.37. The summed E-state index contributed by atoms with van der Waals surface area (Å²) in [7, 11) is 5.72. The van der Waals surface area contributed by atoms with Crippen molar-refractivity contribution in [3.05, 3.63) is 11.8 Å². The van der Waals surface area contributed by atoms with Gasteiger partial charge in [-0.05, 0) is 0 Å². The Bertz CT molecular complexity index is 321. The molecule has 1 heterocycles. The molecule has 0 saturated carbocycles. The van der Waals surface area contributed by atoms with Crippen LogP contribution >= 0.6 is 0 Å². The van der Waals surface area contributed by atoms with Crippen LogP contribution in [0, 0.1) is 11.3 Å². The molecule has 1 aliphatic heterocycles. The highest BCUT2D eigenvalue weighted by molar-refractivity contribution is 5.97. The zero-order valence-electron chi connectivity index (χ0n) is 10.2. The summed E-state index contributed by atoms with van der Waals surface area (Å²) in [5.74, 6) is -0.149. The fourth-order valence-electron chi connectivity index (χ4n) is 1.65. The van der Waals surface area contributed by atoms with Gasteiger partial charge in [0.05, 0.1) is 33.2 Å². The van der Waals surface area contributed by atoms with Crippen molar-refractivity contribution in [2.75, 3.05) is 47.3 Å². The molecule has 0 unspecified atom stereocenters. The quantitative estimate of drug-likeness (QED) is 0.449. The van der Waals surface area contributed by atoms with Crippen LogP contribution in [0.2, 0.25) is 0 Å². The van der Waals surface area contributed by atoms with Gasteiger partial charge in [-0.15, -0.1) is 0 Å². The van der Waals surface area contributed by atoms with Gasteiger partial charge in [0.2, 0.25) is 0 Å². The van der Waals surface area contributed by atoms with Crippen LogP contribution in [0.4, 0.5) is 0 Å². The van der Waals surface area contributed by atoms with E-state index in [1.54, 1.807) is 30.1 Å². The largest absolute Gasteiger partial charge is 0.382 e. The lowest BCUT2D eigenvalue weighted by Gasteiger charge is -2.29. The lowest BCUT2D eigenvalue weighted by molar-refractivity contribution is -0.883. The Hall–Kier alpha value is -1.54. The van der Waals surface area contributed by atoms with Gasteiger partial charge in [0.15, 0.2) is 0 Å². The maximum absolute atomic E-state index is 12.0. The number of hydrogen-bond donors (Lipinski definition) is 1. The van der Waals surface area contributed by atoms with Crippen LogP contribution in [0.1, 0.15) is 0 Å². The molecule has 5 heteroatoms. The normalized spacial score (nSPS) is 18.1. The SMILES string of the molecule is CN(C)C=C(C#N)C(=O)N1CC[NH+](C)CC1. The average molecular weight is 223 g/mol. The number of carbonyl (C=O) groups excluding carboxylic acids is 1. The maximum atomic E-state index is 12.0. The van der Waals surface area contributed by atoms with Crippen molar-refractivity contribution in [2.45, 2.75) is 0 Å². The van der Waals surface area contributed by atoms with E-state index >= 15 is 0 Å². The number of piperazine rings is 1. The van der Waals surface area contributed by atoms with Crippen molar-refractivity contribution >= 4 is 5.91 Å². The average Bonchev–Trinajstić information content (AvgIpc) is 2.25. The third-order valence-corrected chi connectivity index (χ3v) is 2.64. The van der Waals surface area contributed by atoms with Gasteiger partial charge in [-0.3, -0.25) is 4.79 Å². The van der Waals surface area contributed by atoms with E-state index in [1.165, 1.54) is 4.90 Å². The number of rotatable bonds is 2. The Kier molecular flexibility index (Phi) is 4.32. The van der Waals surface area contributed by atoms with Gasteiger partial charge in [0.1, 0.15) is 11.6 Å². The van der Waals surface area contributed by atoms with Crippen molar-refractivity contribution in [1.82, 2.24) is 9.80 Å². The molecule has 0 radical (unpaired) electrons. The number of carbonyl (C=O) groups is 1. The molecular formula is C11H19N4O+. The summed E-state index contributed by atoms with van der Waals surface area (Å²) in [6.07, 6.45) is 1.58. The van der Waals surface area contributed by atoms with Crippen molar-refractivity contribution in [3.8, 4) is 6.07 Å². The summed E-state index contributed by atoms with van der Waals surface area (Å²) in [5, 5.41) is 8.93. The van der Waals surface area contributed by atoms with Crippen LogP contribution in [0.5, 0.6) is 0 Å². The van der Waals surface area contributed by atoms with Crippen LogP contribution < -0.4 is 4.90 Å². The number of quaternary nitrogens is 1. The second-order valence-electron chi connectivity index (χ2n) is 4.37. The first-order valence-corrected chi connectivity index (χ1v) is 5.43. The summed E-state index contributed by atoms with van der Waals surface area (Å²) in [4.78, 5) is 16.9. The number of hydrogen-bond acceptors (Lipinski definition) is 3. The molecule has 1 amide bonds. The summed E-state index contributed by atoms with van der Waals surface area (Å²) in [5.41, 5.74) is 0.213. The van der Waals surface area contributed by atoms with Crippen molar-refractivity contribution in [1.29, 1.82) is 5.26 Å². The molecule has 0 aromatic heterocycles. The number of nitrogens with zero attached hydrogens (tertiary/aromatic N) is 3. The molecule has 1 aliphatic rings. The minimum Gasteiger partial charge on any atom is -0.382 e. The Morgan fingerprint density at radius 2 is 2.00 bits per heavy atom. The van der Waals surface area contributed by atoms with Gasteiger partial charge in [-0.25, -0.2) is 0 Å². The molecule has 0 spiro atoms. The lowest BCUT2D eigenvalue weighted by atomic mass is 10.2. The summed E-state index contributed by atoms with van der Waals surface area (Å²) >= 11 is 0. The molecular weight excluding hydrogens is 204 g/mol. The number of nitriles is 1. The fourth-order valence-corrected chi connectivity index (χ4v) is 1.65. The van der Waals surface area contributed by atoms with E-state index in [2.05, 4.69) is 7.05 Å². The predicted octanol–water partition coefficient (Wildman–Crippen LogP) is -1.69. The first kappa shape index (κ1) is 12.5. The number of amides is 1. The summed E-state index contributed by atoms with van der Waals surface area (Å²) in [6.45, 7) is 3.37.